The summed E-state index contributed by atoms with van der Waals surface area (Å²) < 4.78 is 5.92. The second-order valence-electron chi connectivity index (χ2n) is 6.07. The van der Waals surface area contributed by atoms with Crippen LogP contribution in [0.1, 0.15) is 29.3 Å². The maximum absolute atomic E-state index is 5.92. The molecule has 1 saturated heterocycles. The van der Waals surface area contributed by atoms with Crippen molar-refractivity contribution >= 4 is 17.3 Å². The molecule has 23 heavy (non-hydrogen) atoms. The number of rotatable bonds is 5. The van der Waals surface area contributed by atoms with Gasteiger partial charge in [0.2, 0.25) is 0 Å². The molecule has 0 bridgehead atoms. The minimum atomic E-state index is -0.00332. The molecule has 2 aromatic heterocycles. The Labute approximate surface area is 142 Å². The molecule has 3 heterocycles. The molecule has 0 amide bonds. The number of hydrogen-bond acceptors (Lipinski definition) is 4. The van der Waals surface area contributed by atoms with E-state index in [9.17, 15) is 0 Å². The van der Waals surface area contributed by atoms with Crippen molar-refractivity contribution in [2.45, 2.75) is 19.0 Å². The molecule has 0 aliphatic carbocycles. The Kier molecular flexibility index (Phi) is 4.63. The van der Waals surface area contributed by atoms with Crippen LogP contribution in [0.5, 0.6) is 0 Å². The molecule has 0 radical (unpaired) electrons. The van der Waals surface area contributed by atoms with Crippen LogP contribution in [0.15, 0.2) is 40.9 Å². The Hall–Kier alpha value is -1.92. The number of aryl methyl sites for hydroxylation is 1. The number of nitrogens with zero attached hydrogens (tertiary/aromatic N) is 3. The number of nitrogens with one attached hydrogen (secondary N) is 1. The molecule has 6 heteroatoms. The zero-order chi connectivity index (χ0) is 16.4. The van der Waals surface area contributed by atoms with E-state index in [1.165, 1.54) is 0 Å². The van der Waals surface area contributed by atoms with Crippen LogP contribution in [-0.2, 0) is 0 Å². The van der Waals surface area contributed by atoms with Crippen LogP contribution in [0.3, 0.4) is 0 Å². The second kappa shape index (κ2) is 6.68. The van der Waals surface area contributed by atoms with Gasteiger partial charge in [-0.05, 0) is 57.5 Å². The van der Waals surface area contributed by atoms with Gasteiger partial charge in [0.05, 0.1) is 11.7 Å². The van der Waals surface area contributed by atoms with Crippen LogP contribution in [0.4, 0.5) is 0 Å². The van der Waals surface area contributed by atoms with E-state index < -0.39 is 0 Å². The number of hydrogen-bond donors (Lipinski definition) is 1. The average Bonchev–Trinajstić information content (AvgIpc) is 3.09. The topological polar surface area (TPSA) is 44.5 Å². The van der Waals surface area contributed by atoms with Gasteiger partial charge in [-0.1, -0.05) is 6.07 Å². The van der Waals surface area contributed by atoms with Crippen molar-refractivity contribution in [1.29, 1.82) is 0 Å². The first-order valence-corrected chi connectivity index (χ1v) is 8.16. The van der Waals surface area contributed by atoms with Crippen molar-refractivity contribution in [1.82, 2.24) is 20.1 Å². The van der Waals surface area contributed by atoms with Crippen LogP contribution in [0.2, 0.25) is 0 Å². The van der Waals surface area contributed by atoms with E-state index in [0.29, 0.717) is 0 Å². The highest BCUT2D eigenvalue weighted by atomic mass is 32.1. The Balaban J connectivity index is 1.94. The Morgan fingerprint density at radius 1 is 1.30 bits per heavy atom. The molecule has 2 atom stereocenters. The summed E-state index contributed by atoms with van der Waals surface area (Å²) in [6.07, 6.45) is 1.81. The first-order chi connectivity index (χ1) is 11.1. The van der Waals surface area contributed by atoms with Gasteiger partial charge in [0.1, 0.15) is 17.6 Å². The summed E-state index contributed by atoms with van der Waals surface area (Å²) in [4.78, 5) is 8.86. The lowest BCUT2D eigenvalue weighted by molar-refractivity contribution is 0.246. The van der Waals surface area contributed by atoms with Crippen molar-refractivity contribution in [3.8, 4) is 0 Å². The van der Waals surface area contributed by atoms with Crippen LogP contribution in [0, 0.1) is 6.92 Å². The van der Waals surface area contributed by atoms with Gasteiger partial charge in [-0.2, -0.15) is 0 Å². The van der Waals surface area contributed by atoms with E-state index in [2.05, 4.69) is 34.2 Å². The lowest BCUT2D eigenvalue weighted by Crippen LogP contribution is -2.35. The van der Waals surface area contributed by atoms with Crippen LogP contribution in [-0.4, -0.2) is 47.1 Å². The van der Waals surface area contributed by atoms with Crippen molar-refractivity contribution in [2.75, 3.05) is 27.2 Å². The van der Waals surface area contributed by atoms with Crippen LogP contribution < -0.4 is 5.32 Å². The Bertz CT molecular complexity index is 670. The van der Waals surface area contributed by atoms with Gasteiger partial charge < -0.3 is 19.5 Å². The third-order valence-corrected chi connectivity index (χ3v) is 4.39. The minimum Gasteiger partial charge on any atom is -0.464 e. The van der Waals surface area contributed by atoms with Crippen molar-refractivity contribution in [2.24, 2.45) is 0 Å². The fourth-order valence-corrected chi connectivity index (χ4v) is 3.21. The zero-order valence-corrected chi connectivity index (χ0v) is 14.5. The molecule has 0 saturated carbocycles. The number of pyridine rings is 1. The van der Waals surface area contributed by atoms with E-state index in [0.717, 1.165) is 35.4 Å². The number of likely N-dealkylation sites (N-methyl/N-ethyl adjacent to an activating group) is 1. The summed E-state index contributed by atoms with van der Waals surface area (Å²) in [7, 11) is 4.13. The van der Waals surface area contributed by atoms with E-state index in [-0.39, 0.29) is 12.1 Å². The summed E-state index contributed by atoms with van der Waals surface area (Å²) in [6.45, 7) is 3.73. The molecule has 122 valence electrons. The van der Waals surface area contributed by atoms with Crippen molar-refractivity contribution in [3.05, 3.63) is 53.7 Å². The fourth-order valence-electron chi connectivity index (χ4n) is 2.88. The molecule has 1 aliphatic rings. The van der Waals surface area contributed by atoms with Gasteiger partial charge in [-0.25, -0.2) is 0 Å². The molecule has 0 spiro atoms. The van der Waals surface area contributed by atoms with E-state index in [4.69, 9.17) is 16.6 Å². The predicted molar refractivity (Wildman–Crippen MR) is 94.2 cm³/mol. The summed E-state index contributed by atoms with van der Waals surface area (Å²) >= 11 is 5.58. The number of furan rings is 1. The fraction of sp³-hybridized carbons (Fsp3) is 0.412. The van der Waals surface area contributed by atoms with Crippen LogP contribution >= 0.6 is 12.2 Å². The van der Waals surface area contributed by atoms with Gasteiger partial charge in [-0.15, -0.1) is 0 Å². The van der Waals surface area contributed by atoms with Crippen molar-refractivity contribution in [3.63, 3.8) is 0 Å². The van der Waals surface area contributed by atoms with Gasteiger partial charge in [0.15, 0.2) is 5.11 Å². The van der Waals surface area contributed by atoms with E-state index in [1.54, 1.807) is 0 Å². The summed E-state index contributed by atoms with van der Waals surface area (Å²) in [5.41, 5.74) is 0.973. The van der Waals surface area contributed by atoms with E-state index in [1.807, 2.05) is 43.5 Å². The van der Waals surface area contributed by atoms with Crippen LogP contribution in [0.25, 0.3) is 0 Å². The second-order valence-corrected chi connectivity index (χ2v) is 6.46. The summed E-state index contributed by atoms with van der Waals surface area (Å²) in [5.74, 6) is 1.83. The summed E-state index contributed by atoms with van der Waals surface area (Å²) in [6, 6.07) is 10.00. The predicted octanol–water partition coefficient (Wildman–Crippen LogP) is 2.52. The maximum atomic E-state index is 5.92. The summed E-state index contributed by atoms with van der Waals surface area (Å²) in [5, 5.41) is 4.17. The monoisotopic (exact) mass is 330 g/mol. The third kappa shape index (κ3) is 3.38. The maximum Gasteiger partial charge on any atom is 0.170 e. The molecule has 1 fully saturated rings. The van der Waals surface area contributed by atoms with Gasteiger partial charge >= 0.3 is 0 Å². The highest BCUT2D eigenvalue weighted by molar-refractivity contribution is 7.80. The number of aromatic nitrogens is 1. The number of thiocarbonyl (C=S) groups is 1. The van der Waals surface area contributed by atoms with Crippen molar-refractivity contribution < 1.29 is 4.42 Å². The first-order valence-electron chi connectivity index (χ1n) is 7.75. The molecule has 1 N–H and O–H groups in total. The molecule has 3 rings (SSSR count). The largest absolute Gasteiger partial charge is 0.464 e. The lowest BCUT2D eigenvalue weighted by atomic mass is 10.0. The highest BCUT2D eigenvalue weighted by Gasteiger charge is 2.41. The molecule has 5 nitrogen and oxygen atoms in total. The van der Waals surface area contributed by atoms with Gasteiger partial charge in [0, 0.05) is 19.3 Å². The first kappa shape index (κ1) is 16.0. The average molecular weight is 330 g/mol. The standard InChI is InChI=1S/C17H22N4OS/c1-12-7-8-14(22-12)16-15(13-6-4-5-9-18-13)19-17(23)21(16)11-10-20(2)3/h4-9,15-16H,10-11H2,1-3H3,(H,19,23)/t15-,16+/m0/s1. The SMILES string of the molecule is Cc1ccc([C@@H]2[C@H](c3ccccn3)NC(=S)N2CCN(C)C)o1. The Morgan fingerprint density at radius 3 is 2.74 bits per heavy atom. The molecular formula is C17H22N4OS. The van der Waals surface area contributed by atoms with E-state index >= 15 is 0 Å². The quantitative estimate of drug-likeness (QED) is 0.850. The Morgan fingerprint density at radius 2 is 2.13 bits per heavy atom. The smallest absolute Gasteiger partial charge is 0.170 e. The van der Waals surface area contributed by atoms with Gasteiger partial charge in [-0.3, -0.25) is 4.98 Å². The highest BCUT2D eigenvalue weighted by Crippen LogP contribution is 2.38. The molecular weight excluding hydrogens is 308 g/mol. The lowest BCUT2D eigenvalue weighted by Gasteiger charge is -2.27. The molecule has 2 aromatic rings. The normalized spacial score (nSPS) is 21.0. The molecule has 0 unspecified atom stereocenters. The van der Waals surface area contributed by atoms with Gasteiger partial charge in [0.25, 0.3) is 0 Å². The molecule has 0 aromatic carbocycles. The molecule has 1 aliphatic heterocycles. The minimum absolute atomic E-state index is 0.00332. The third-order valence-electron chi connectivity index (χ3n) is 4.04. The zero-order valence-electron chi connectivity index (χ0n) is 13.7.